The van der Waals surface area contributed by atoms with Crippen LogP contribution < -0.4 is 0 Å². The Morgan fingerprint density at radius 2 is 0.705 bits per heavy atom. The fraction of sp³-hybridized carbons (Fsp3) is 0.0233. The lowest BCUT2D eigenvalue weighted by Gasteiger charge is -2.35. The first-order chi connectivity index (χ1) is 21.7. The van der Waals surface area contributed by atoms with E-state index >= 15 is 0 Å². The third kappa shape index (κ3) is 2.98. The molecule has 0 N–H and O–H groups in total. The monoisotopic (exact) mass is 620 g/mol. The van der Waals surface area contributed by atoms with Gasteiger partial charge in [0.1, 0.15) is 0 Å². The van der Waals surface area contributed by atoms with Gasteiger partial charge in [-0.25, -0.2) is 0 Å². The van der Waals surface area contributed by atoms with Crippen molar-refractivity contribution in [2.45, 2.75) is 5.41 Å². The lowest BCUT2D eigenvalue weighted by Crippen LogP contribution is -2.29. The van der Waals surface area contributed by atoms with E-state index in [0.29, 0.717) is 0 Å². The van der Waals surface area contributed by atoms with E-state index in [1.165, 1.54) is 88.0 Å². The Morgan fingerprint density at radius 1 is 0.295 bits per heavy atom. The van der Waals surface area contributed by atoms with E-state index in [1.54, 1.807) is 0 Å². The molecule has 0 aliphatic heterocycles. The zero-order valence-corrected chi connectivity index (χ0v) is 25.4. The highest BCUT2D eigenvalue weighted by Crippen LogP contribution is 2.62. The van der Waals surface area contributed by atoms with Crippen LogP contribution in [0.3, 0.4) is 0 Å². The Morgan fingerprint density at radius 3 is 1.30 bits per heavy atom. The van der Waals surface area contributed by atoms with Crippen LogP contribution in [0, 0.1) is 0 Å². The Hall–Kier alpha value is -4.98. The molecule has 0 fully saturated rings. The minimum atomic E-state index is -0.498. The van der Waals surface area contributed by atoms with Gasteiger partial charge in [-0.2, -0.15) is 0 Å². The summed E-state index contributed by atoms with van der Waals surface area (Å²) >= 11 is 3.91. The molecule has 0 radical (unpaired) electrons. The third-order valence-electron chi connectivity index (χ3n) is 10.1. The topological polar surface area (TPSA) is 0 Å². The molecule has 2 aliphatic rings. The summed E-state index contributed by atoms with van der Waals surface area (Å²) in [6.07, 6.45) is 0. The van der Waals surface area contributed by atoms with Crippen LogP contribution in [0.1, 0.15) is 22.3 Å². The molecule has 1 spiro atoms. The van der Waals surface area contributed by atoms with Crippen molar-refractivity contribution in [3.05, 3.63) is 178 Å². The van der Waals surface area contributed by atoms with Gasteiger partial charge >= 0.3 is 0 Å². The highest BCUT2D eigenvalue weighted by molar-refractivity contribution is 9.10. The molecule has 1 heteroatoms. The van der Waals surface area contributed by atoms with Crippen LogP contribution in [-0.2, 0) is 5.41 Å². The SMILES string of the molecule is Brc1ccc2c(c1)C1(c3ccccc3-c3ccccc3-2)c2ccccc2-c2cc3c4ccccc4c4ccccc4c3cc21. The zero-order chi connectivity index (χ0) is 29.0. The molecule has 0 heterocycles. The van der Waals surface area contributed by atoms with E-state index in [4.69, 9.17) is 0 Å². The minimum Gasteiger partial charge on any atom is -0.0619 e. The van der Waals surface area contributed by atoms with Crippen molar-refractivity contribution < 1.29 is 0 Å². The molecule has 10 rings (SSSR count). The lowest BCUT2D eigenvalue weighted by molar-refractivity contribution is 0.776. The van der Waals surface area contributed by atoms with E-state index < -0.39 is 5.41 Å². The van der Waals surface area contributed by atoms with Crippen LogP contribution in [0.25, 0.3) is 65.7 Å². The second kappa shape index (κ2) is 8.78. The van der Waals surface area contributed by atoms with Gasteiger partial charge in [-0.05, 0) is 112 Å². The van der Waals surface area contributed by atoms with Crippen LogP contribution >= 0.6 is 15.9 Å². The fourth-order valence-corrected chi connectivity index (χ4v) is 8.82. The summed E-state index contributed by atoms with van der Waals surface area (Å²) in [6.45, 7) is 0. The van der Waals surface area contributed by atoms with Gasteiger partial charge in [-0.1, -0.05) is 143 Å². The minimum absolute atomic E-state index is 0.498. The van der Waals surface area contributed by atoms with E-state index in [1.807, 2.05) is 0 Å². The summed E-state index contributed by atoms with van der Waals surface area (Å²) in [5.41, 5.74) is 12.6. The number of halogens is 1. The van der Waals surface area contributed by atoms with Crippen LogP contribution in [0.15, 0.2) is 156 Å². The first kappa shape index (κ1) is 24.5. The number of hydrogen-bond acceptors (Lipinski definition) is 0. The lowest BCUT2D eigenvalue weighted by atomic mass is 9.65. The third-order valence-corrected chi connectivity index (χ3v) is 10.6. The standard InChI is InChI=1S/C43H25Br/c44-26-21-22-35-30-14-4-3-13-29(30)33-17-7-9-19-39(33)43(41(35)23-26)40-20-10-8-18-34(40)38-24-36-31-15-5-1-11-27(31)28-12-2-6-16-32(28)37(36)25-42(38)43/h1-25H. The molecule has 0 aromatic heterocycles. The first-order valence-corrected chi connectivity index (χ1v) is 16.0. The molecule has 0 saturated heterocycles. The van der Waals surface area contributed by atoms with Crippen molar-refractivity contribution in [1.29, 1.82) is 0 Å². The summed E-state index contributed by atoms with van der Waals surface area (Å²) in [4.78, 5) is 0. The summed E-state index contributed by atoms with van der Waals surface area (Å²) in [5.74, 6) is 0. The zero-order valence-electron chi connectivity index (χ0n) is 23.8. The highest BCUT2D eigenvalue weighted by Gasteiger charge is 2.50. The van der Waals surface area contributed by atoms with Crippen molar-refractivity contribution in [3.63, 3.8) is 0 Å². The maximum absolute atomic E-state index is 3.91. The molecule has 0 saturated carbocycles. The molecule has 1 unspecified atom stereocenters. The average Bonchev–Trinajstić information content (AvgIpc) is 3.32. The van der Waals surface area contributed by atoms with Crippen LogP contribution in [0.5, 0.6) is 0 Å². The molecule has 204 valence electrons. The Bertz CT molecular complexity index is 2520. The van der Waals surface area contributed by atoms with Gasteiger partial charge in [0, 0.05) is 4.47 Å². The van der Waals surface area contributed by atoms with Crippen LogP contribution in [0.2, 0.25) is 0 Å². The van der Waals surface area contributed by atoms with E-state index in [0.717, 1.165) is 4.47 Å². The second-order valence-electron chi connectivity index (χ2n) is 12.1. The summed E-state index contributed by atoms with van der Waals surface area (Å²) in [5, 5.41) is 7.83. The number of fused-ring (bicyclic) bond motifs is 18. The molecule has 1 atom stereocenters. The molecular formula is C43H25Br. The molecule has 0 bridgehead atoms. The van der Waals surface area contributed by atoms with Gasteiger partial charge in [0.15, 0.2) is 0 Å². The summed E-state index contributed by atoms with van der Waals surface area (Å²) < 4.78 is 1.09. The predicted molar refractivity (Wildman–Crippen MR) is 188 cm³/mol. The molecular weight excluding hydrogens is 596 g/mol. The number of benzene rings is 8. The van der Waals surface area contributed by atoms with Crippen molar-refractivity contribution >= 4 is 48.2 Å². The van der Waals surface area contributed by atoms with E-state index in [-0.39, 0.29) is 0 Å². The van der Waals surface area contributed by atoms with Crippen LogP contribution in [-0.4, -0.2) is 0 Å². The van der Waals surface area contributed by atoms with Crippen molar-refractivity contribution in [2.24, 2.45) is 0 Å². The molecule has 0 amide bonds. The number of hydrogen-bond donors (Lipinski definition) is 0. The van der Waals surface area contributed by atoms with Gasteiger partial charge in [-0.3, -0.25) is 0 Å². The van der Waals surface area contributed by atoms with Crippen molar-refractivity contribution in [1.82, 2.24) is 0 Å². The second-order valence-corrected chi connectivity index (χ2v) is 13.0. The number of rotatable bonds is 0. The van der Waals surface area contributed by atoms with Gasteiger partial charge < -0.3 is 0 Å². The summed E-state index contributed by atoms with van der Waals surface area (Å²) in [7, 11) is 0. The Balaban J connectivity index is 1.48. The highest BCUT2D eigenvalue weighted by atomic mass is 79.9. The van der Waals surface area contributed by atoms with Crippen LogP contribution in [0.4, 0.5) is 0 Å². The molecule has 2 aliphatic carbocycles. The predicted octanol–water partition coefficient (Wildman–Crippen LogP) is 11.9. The van der Waals surface area contributed by atoms with Gasteiger partial charge in [0.05, 0.1) is 5.41 Å². The van der Waals surface area contributed by atoms with Gasteiger partial charge in [-0.15, -0.1) is 0 Å². The Labute approximate surface area is 264 Å². The largest absolute Gasteiger partial charge is 0.0726 e. The smallest absolute Gasteiger partial charge is 0.0619 e. The van der Waals surface area contributed by atoms with Gasteiger partial charge in [0.2, 0.25) is 0 Å². The summed E-state index contributed by atoms with van der Waals surface area (Å²) in [6, 6.07) is 56.9. The van der Waals surface area contributed by atoms with E-state index in [2.05, 4.69) is 168 Å². The first-order valence-electron chi connectivity index (χ1n) is 15.2. The molecule has 0 nitrogen and oxygen atoms in total. The average molecular weight is 622 g/mol. The normalized spacial score (nSPS) is 15.9. The van der Waals surface area contributed by atoms with E-state index in [9.17, 15) is 0 Å². The van der Waals surface area contributed by atoms with Crippen molar-refractivity contribution in [2.75, 3.05) is 0 Å². The quantitative estimate of drug-likeness (QED) is 0.148. The molecule has 8 aromatic rings. The van der Waals surface area contributed by atoms with Gasteiger partial charge in [0.25, 0.3) is 0 Å². The molecule has 8 aromatic carbocycles. The molecule has 44 heavy (non-hydrogen) atoms. The fourth-order valence-electron chi connectivity index (χ4n) is 8.46. The Kier molecular flexibility index (Phi) is 4.88. The van der Waals surface area contributed by atoms with Crippen molar-refractivity contribution in [3.8, 4) is 33.4 Å². The maximum atomic E-state index is 3.91. The maximum Gasteiger partial charge on any atom is 0.0726 e.